The van der Waals surface area contributed by atoms with Crippen LogP contribution >= 0.6 is 12.4 Å². The maximum Gasteiger partial charge on any atom is 0.339 e. The minimum Gasteiger partial charge on any atom is -0.494 e. The second kappa shape index (κ2) is 25.7. The molecule has 330 valence electrons. The molecule has 2 heterocycles. The van der Waals surface area contributed by atoms with Gasteiger partial charge in [0.25, 0.3) is 5.56 Å². The quantitative estimate of drug-likeness (QED) is 0.0953. The third-order valence-corrected chi connectivity index (χ3v) is 8.97. The van der Waals surface area contributed by atoms with Crippen LogP contribution < -0.4 is 26.0 Å². The molecule has 0 spiro atoms. The fourth-order valence-electron chi connectivity index (χ4n) is 5.62. The predicted octanol–water partition coefficient (Wildman–Crippen LogP) is 6.50. The number of fused-ring (bicyclic) bond motifs is 1. The number of anilines is 1. The van der Waals surface area contributed by atoms with Gasteiger partial charge in [0.1, 0.15) is 17.1 Å². The molecule has 15 nitrogen and oxygen atoms in total. The Hall–Kier alpha value is -6.81. The minimum absolute atomic E-state index is 0. The summed E-state index contributed by atoms with van der Waals surface area (Å²) in [5.74, 6) is -0.825. The van der Waals surface area contributed by atoms with E-state index >= 15 is 0 Å². The van der Waals surface area contributed by atoms with E-state index in [9.17, 15) is 29.1 Å². The van der Waals surface area contributed by atoms with Crippen molar-refractivity contribution in [2.75, 3.05) is 25.5 Å². The van der Waals surface area contributed by atoms with Crippen LogP contribution in [0.5, 0.6) is 11.5 Å². The zero-order valence-corrected chi connectivity index (χ0v) is 36.9. The molecule has 62 heavy (non-hydrogen) atoms. The van der Waals surface area contributed by atoms with Crippen molar-refractivity contribution in [3.8, 4) is 11.5 Å². The number of hydrogen-bond donors (Lipinski definition) is 3. The van der Waals surface area contributed by atoms with Gasteiger partial charge in [0, 0.05) is 53.3 Å². The molecule has 3 N–H and O–H groups in total. The first-order valence-electron chi connectivity index (χ1n) is 19.3. The highest BCUT2D eigenvalue weighted by molar-refractivity contribution is 5.91. The number of esters is 1. The van der Waals surface area contributed by atoms with E-state index in [0.717, 1.165) is 28.1 Å². The highest BCUT2D eigenvalue weighted by atomic mass is 35.5. The molecule has 0 radical (unpaired) electrons. The normalized spacial score (nSPS) is 11.3. The largest absolute Gasteiger partial charge is 0.494 e. The summed E-state index contributed by atoms with van der Waals surface area (Å²) < 4.78 is 14.0. The number of carboxylic acid groups (broad SMARTS) is 1. The van der Waals surface area contributed by atoms with Crippen LogP contribution in [0.15, 0.2) is 131 Å². The van der Waals surface area contributed by atoms with Gasteiger partial charge in [0.15, 0.2) is 11.2 Å². The monoisotopic (exact) mass is 870 g/mol. The molecule has 0 bridgehead atoms. The number of halogens is 1. The molecular weight excluding hydrogens is 816 g/mol. The molecule has 0 saturated heterocycles. The predicted molar refractivity (Wildman–Crippen MR) is 244 cm³/mol. The van der Waals surface area contributed by atoms with E-state index in [1.807, 2.05) is 93.7 Å². The molecule has 0 aliphatic carbocycles. The van der Waals surface area contributed by atoms with Crippen molar-refractivity contribution in [2.24, 2.45) is 21.1 Å². The van der Waals surface area contributed by atoms with Gasteiger partial charge in [-0.2, -0.15) is 0 Å². The van der Waals surface area contributed by atoms with E-state index in [-0.39, 0.29) is 46.9 Å². The van der Waals surface area contributed by atoms with Crippen LogP contribution in [0.25, 0.3) is 17.2 Å². The second-order valence-corrected chi connectivity index (χ2v) is 13.6. The van der Waals surface area contributed by atoms with Crippen molar-refractivity contribution in [1.82, 2.24) is 23.6 Å². The number of amides is 1. The van der Waals surface area contributed by atoms with E-state index in [2.05, 4.69) is 44.2 Å². The van der Waals surface area contributed by atoms with Crippen LogP contribution in [-0.4, -0.2) is 77.9 Å². The van der Waals surface area contributed by atoms with Gasteiger partial charge in [-0.1, -0.05) is 84.9 Å². The summed E-state index contributed by atoms with van der Waals surface area (Å²) in [5.41, 5.74) is 3.11. The summed E-state index contributed by atoms with van der Waals surface area (Å²) in [6.45, 7) is 8.14. The lowest BCUT2D eigenvalue weighted by atomic mass is 10.0. The number of nitrogens with zero attached hydrogens (tertiary/aromatic N) is 5. The average Bonchev–Trinajstić information content (AvgIpc) is 3.64. The number of imidazole rings is 1. The third-order valence-electron chi connectivity index (χ3n) is 8.97. The molecule has 1 amide bonds. The summed E-state index contributed by atoms with van der Waals surface area (Å²) in [6.07, 6.45) is 5.29. The number of para-hydroxylation sites is 1. The van der Waals surface area contributed by atoms with Crippen LogP contribution in [0, 0.1) is 0 Å². The number of nitrogens with one attached hydrogen (secondary N) is 1. The van der Waals surface area contributed by atoms with E-state index in [1.54, 1.807) is 30.8 Å². The molecule has 6 aromatic rings. The van der Waals surface area contributed by atoms with Crippen molar-refractivity contribution in [1.29, 1.82) is 0 Å². The zero-order chi connectivity index (χ0) is 45.1. The number of carboxylic acids is 1. The molecule has 6 rings (SSSR count). The summed E-state index contributed by atoms with van der Waals surface area (Å²) >= 11 is 0. The maximum absolute atomic E-state index is 11.7. The average molecular weight is 871 g/mol. The van der Waals surface area contributed by atoms with Gasteiger partial charge in [-0.15, -0.1) is 12.4 Å². The van der Waals surface area contributed by atoms with Crippen molar-refractivity contribution >= 4 is 53.2 Å². The summed E-state index contributed by atoms with van der Waals surface area (Å²) in [4.78, 5) is 61.2. The first-order valence-corrected chi connectivity index (χ1v) is 19.3. The molecule has 2 aromatic heterocycles. The first kappa shape index (κ1) is 51.3. The van der Waals surface area contributed by atoms with Crippen LogP contribution in [-0.2, 0) is 30.7 Å². The van der Waals surface area contributed by atoms with E-state index in [4.69, 9.17) is 9.84 Å². The molecule has 2 atom stereocenters. The fraction of sp³-hybridized carbons (Fsp3) is 0.261. The lowest BCUT2D eigenvalue weighted by Gasteiger charge is -2.28. The Morgan fingerprint density at radius 3 is 2.00 bits per heavy atom. The van der Waals surface area contributed by atoms with Gasteiger partial charge < -0.3 is 29.6 Å². The molecule has 0 fully saturated rings. The van der Waals surface area contributed by atoms with Crippen molar-refractivity contribution < 1.29 is 34.1 Å². The van der Waals surface area contributed by atoms with Crippen molar-refractivity contribution in [2.45, 2.75) is 39.8 Å². The molecular formula is C46H55ClN6O9. The number of rotatable bonds is 11. The van der Waals surface area contributed by atoms with Crippen molar-refractivity contribution in [3.63, 3.8) is 0 Å². The Morgan fingerprint density at radius 1 is 0.855 bits per heavy atom. The number of aliphatic hydroxyl groups is 1. The van der Waals surface area contributed by atoms with Gasteiger partial charge in [-0.25, -0.2) is 14.6 Å². The standard InChI is InChI=1S/C19H23NO.C10H13NO2.C9H8O4.C8H10N4O2.ClH/c1-16(19(21)18-13-7-4-8-14-18)20(2)15-9-12-17-10-5-3-6-11-17;1-3-13-10-6-4-9(5-7-10)11-8(2)12;1-6(10)13-8-5-3-2-4-7(8)9(11)12;1-10-4-9-6-5(10)7(13)12(3)8(14)11(6)2;/h3-14,16,19,21H,15H2,1-2H3;4-7H,3H2,1-2H3,(H,11,12);2-5H,1H3,(H,11,12);4H,1-3H3;1H/b12-9+;;;;. The van der Waals surface area contributed by atoms with Crippen LogP contribution in [0.2, 0.25) is 0 Å². The Labute approximate surface area is 366 Å². The number of hydrogen-bond acceptors (Lipinski definition) is 10. The van der Waals surface area contributed by atoms with Crippen molar-refractivity contribution in [3.05, 3.63) is 159 Å². The molecule has 0 saturated carbocycles. The number of aromatic carboxylic acids is 1. The SMILES string of the molecule is CC(=O)Oc1ccccc1C(=O)O.CC(C(O)c1ccccc1)N(C)C/C=C/c1ccccc1.CCOc1ccc(NC(C)=O)cc1.Cl.Cn1c(=O)c2c(ncn2C)n(C)c1=O. The van der Waals surface area contributed by atoms with Crippen LogP contribution in [0.4, 0.5) is 5.69 Å². The topological polar surface area (TPSA) is 187 Å². The second-order valence-electron chi connectivity index (χ2n) is 13.6. The van der Waals surface area contributed by atoms with Crippen LogP contribution in [0.1, 0.15) is 55.3 Å². The fourth-order valence-corrected chi connectivity index (χ4v) is 5.62. The summed E-state index contributed by atoms with van der Waals surface area (Å²) in [7, 11) is 6.81. The van der Waals surface area contributed by atoms with Gasteiger partial charge in [0.05, 0.1) is 19.0 Å². The van der Waals surface area contributed by atoms with E-state index in [1.165, 1.54) is 49.5 Å². The number of carbonyl (C=O) groups is 3. The molecule has 0 aliphatic rings. The van der Waals surface area contributed by atoms with E-state index in [0.29, 0.717) is 17.8 Å². The minimum atomic E-state index is -1.11. The van der Waals surface area contributed by atoms with Gasteiger partial charge in [-0.3, -0.25) is 28.4 Å². The number of ether oxygens (including phenoxy) is 2. The first-order chi connectivity index (χ1) is 29.0. The molecule has 16 heteroatoms. The Balaban J connectivity index is 0.000000290. The number of benzene rings is 4. The summed E-state index contributed by atoms with van der Waals surface area (Å²) in [5, 5.41) is 21.8. The Bertz CT molecular complexity index is 2490. The number of likely N-dealkylation sites (N-methyl/N-ethyl adjacent to an activating group) is 1. The number of aliphatic hydroxyl groups excluding tert-OH is 1. The third kappa shape index (κ3) is 15.7. The lowest BCUT2D eigenvalue weighted by molar-refractivity contribution is -0.131. The van der Waals surface area contributed by atoms with Gasteiger partial charge in [-0.05, 0) is 68.4 Å². The lowest BCUT2D eigenvalue weighted by Crippen LogP contribution is -2.37. The number of aryl methyl sites for hydroxylation is 2. The number of aromatic nitrogens is 4. The van der Waals surface area contributed by atoms with Gasteiger partial charge in [0.2, 0.25) is 5.91 Å². The smallest absolute Gasteiger partial charge is 0.339 e. The van der Waals surface area contributed by atoms with Crippen LogP contribution in [0.3, 0.4) is 0 Å². The maximum atomic E-state index is 11.7. The van der Waals surface area contributed by atoms with E-state index < -0.39 is 18.0 Å². The summed E-state index contributed by atoms with van der Waals surface area (Å²) in [6, 6.07) is 33.4. The zero-order valence-electron chi connectivity index (χ0n) is 36.1. The molecule has 2 unspecified atom stereocenters. The van der Waals surface area contributed by atoms with Gasteiger partial charge >= 0.3 is 17.6 Å². The Kier molecular flexibility index (Phi) is 21.3. The highest BCUT2D eigenvalue weighted by Gasteiger charge is 2.19. The molecule has 4 aromatic carbocycles. The molecule has 0 aliphatic heterocycles. The highest BCUT2D eigenvalue weighted by Crippen LogP contribution is 2.20. The Morgan fingerprint density at radius 2 is 1.44 bits per heavy atom. The number of carbonyl (C=O) groups excluding carboxylic acids is 2.